The van der Waals surface area contributed by atoms with Crippen LogP contribution in [-0.2, 0) is 6.42 Å². The van der Waals surface area contributed by atoms with Gasteiger partial charge >= 0.3 is 0 Å². The minimum atomic E-state index is 0.801. The Morgan fingerprint density at radius 2 is 1.48 bits per heavy atom. The molecule has 0 spiro atoms. The number of rotatable bonds is 6. The molecule has 1 nitrogen and oxygen atoms in total. The van der Waals surface area contributed by atoms with Crippen molar-refractivity contribution in [1.82, 2.24) is 0 Å². The summed E-state index contributed by atoms with van der Waals surface area (Å²) in [5.74, 6) is 1.61. The average Bonchev–Trinajstić information content (AvgIpc) is 2.83. The molecular weight excluding hydrogens is 398 g/mol. The Balaban J connectivity index is 1.21. The van der Waals surface area contributed by atoms with E-state index in [-0.39, 0.29) is 0 Å². The van der Waals surface area contributed by atoms with Crippen LogP contribution in [0.2, 0.25) is 0 Å². The first-order chi connectivity index (χ1) is 16.1. The second kappa shape index (κ2) is 9.67. The van der Waals surface area contributed by atoms with Gasteiger partial charge in [-0.25, -0.2) is 0 Å². The summed E-state index contributed by atoms with van der Waals surface area (Å²) >= 11 is 0. The fraction of sp³-hybridized carbons (Fsp3) is 0.250. The van der Waals surface area contributed by atoms with Crippen LogP contribution >= 0.6 is 0 Å². The molecule has 0 aliphatic heterocycles. The lowest BCUT2D eigenvalue weighted by atomic mass is 9.77. The number of benzene rings is 4. The Hall–Kier alpha value is -3.32. The molecule has 2 unspecified atom stereocenters. The van der Waals surface area contributed by atoms with E-state index in [4.69, 9.17) is 0 Å². The number of fused-ring (bicyclic) bond motifs is 1. The molecule has 2 atom stereocenters. The number of hydrogen-bond donors (Lipinski definition) is 1. The van der Waals surface area contributed by atoms with E-state index in [9.17, 15) is 0 Å². The van der Waals surface area contributed by atoms with Crippen LogP contribution in [0.25, 0.3) is 21.9 Å². The van der Waals surface area contributed by atoms with E-state index in [1.54, 1.807) is 0 Å². The maximum atomic E-state index is 4.25. The lowest BCUT2D eigenvalue weighted by Crippen LogP contribution is -2.15. The summed E-state index contributed by atoms with van der Waals surface area (Å²) in [7, 11) is 0. The molecule has 0 amide bonds. The highest BCUT2D eigenvalue weighted by molar-refractivity contribution is 5.96. The number of aryl methyl sites for hydroxylation is 1. The first kappa shape index (κ1) is 21.5. The van der Waals surface area contributed by atoms with Gasteiger partial charge in [-0.05, 0) is 95.7 Å². The Morgan fingerprint density at radius 1 is 0.788 bits per heavy atom. The quantitative estimate of drug-likeness (QED) is 0.300. The Kier molecular flexibility index (Phi) is 6.30. The third-order valence-electron chi connectivity index (χ3n) is 7.02. The molecular formula is C32H33N. The number of hydrogen-bond acceptors (Lipinski definition) is 1. The van der Waals surface area contributed by atoms with Gasteiger partial charge in [0.05, 0.1) is 0 Å². The van der Waals surface area contributed by atoms with Crippen molar-refractivity contribution in [2.45, 2.75) is 39.0 Å². The molecule has 0 aromatic heterocycles. The fourth-order valence-electron chi connectivity index (χ4n) is 5.44. The average molecular weight is 432 g/mol. The van der Waals surface area contributed by atoms with Crippen molar-refractivity contribution in [2.24, 2.45) is 11.8 Å². The van der Waals surface area contributed by atoms with Gasteiger partial charge in [0.2, 0.25) is 0 Å². The van der Waals surface area contributed by atoms with Gasteiger partial charge in [0.15, 0.2) is 0 Å². The SMILES string of the molecule is C=C1CC(C)CC(CCc2ccc(Nc3ccc(-c4cccc5ccccc45)cc3)cc2)C1. The molecule has 1 N–H and O–H groups in total. The van der Waals surface area contributed by atoms with E-state index in [1.807, 2.05) is 0 Å². The van der Waals surface area contributed by atoms with Crippen LogP contribution in [0, 0.1) is 11.8 Å². The van der Waals surface area contributed by atoms with Crippen LogP contribution in [0.15, 0.2) is 103 Å². The smallest absolute Gasteiger partial charge is 0.0384 e. The molecule has 1 heteroatoms. The minimum absolute atomic E-state index is 0.801. The summed E-state index contributed by atoms with van der Waals surface area (Å²) in [5, 5.41) is 6.13. The molecule has 33 heavy (non-hydrogen) atoms. The van der Waals surface area contributed by atoms with Gasteiger partial charge in [-0.1, -0.05) is 85.8 Å². The third-order valence-corrected chi connectivity index (χ3v) is 7.02. The largest absolute Gasteiger partial charge is 0.356 e. The summed E-state index contributed by atoms with van der Waals surface area (Å²) in [6.45, 7) is 6.62. The monoisotopic (exact) mass is 431 g/mol. The molecule has 0 bridgehead atoms. The van der Waals surface area contributed by atoms with Crippen LogP contribution in [0.4, 0.5) is 11.4 Å². The summed E-state index contributed by atoms with van der Waals surface area (Å²) in [6.07, 6.45) is 6.22. The normalized spacial score (nSPS) is 18.4. The number of anilines is 2. The van der Waals surface area contributed by atoms with Crippen molar-refractivity contribution in [1.29, 1.82) is 0 Å². The molecule has 1 aliphatic rings. The highest BCUT2D eigenvalue weighted by Crippen LogP contribution is 2.34. The predicted octanol–water partition coefficient (Wildman–Crippen LogP) is 9.18. The topological polar surface area (TPSA) is 12.0 Å². The van der Waals surface area contributed by atoms with Crippen molar-refractivity contribution in [2.75, 3.05) is 5.32 Å². The zero-order valence-electron chi connectivity index (χ0n) is 19.6. The highest BCUT2D eigenvalue weighted by atomic mass is 14.9. The minimum Gasteiger partial charge on any atom is -0.356 e. The lowest BCUT2D eigenvalue weighted by molar-refractivity contribution is 0.321. The number of allylic oxidation sites excluding steroid dienone is 1. The predicted molar refractivity (Wildman–Crippen MR) is 143 cm³/mol. The maximum Gasteiger partial charge on any atom is 0.0384 e. The first-order valence-electron chi connectivity index (χ1n) is 12.2. The first-order valence-corrected chi connectivity index (χ1v) is 12.2. The van der Waals surface area contributed by atoms with Gasteiger partial charge in [0.1, 0.15) is 0 Å². The van der Waals surface area contributed by atoms with Gasteiger partial charge in [0.25, 0.3) is 0 Å². The fourth-order valence-corrected chi connectivity index (χ4v) is 5.44. The van der Waals surface area contributed by atoms with E-state index in [0.717, 1.165) is 29.6 Å². The molecule has 5 rings (SSSR count). The zero-order chi connectivity index (χ0) is 22.6. The zero-order valence-corrected chi connectivity index (χ0v) is 19.6. The van der Waals surface area contributed by atoms with Crippen LogP contribution in [0.1, 0.15) is 38.2 Å². The van der Waals surface area contributed by atoms with Crippen LogP contribution < -0.4 is 5.32 Å². The molecule has 166 valence electrons. The molecule has 1 aliphatic carbocycles. The molecule has 4 aromatic carbocycles. The summed E-state index contributed by atoms with van der Waals surface area (Å²) in [5.41, 5.74) is 7.64. The van der Waals surface area contributed by atoms with E-state index in [2.05, 4.69) is 110 Å². The van der Waals surface area contributed by atoms with E-state index in [1.165, 1.54) is 58.7 Å². The van der Waals surface area contributed by atoms with Crippen molar-refractivity contribution < 1.29 is 0 Å². The van der Waals surface area contributed by atoms with Gasteiger partial charge in [0, 0.05) is 11.4 Å². The standard InChI is InChI=1S/C32H33N/c1-23-20-24(2)22-26(21-23)11-10-25-12-16-29(17-13-25)33-30-18-14-28(15-19-30)32-9-5-7-27-6-3-4-8-31(27)32/h3-9,12-19,24,26,33H,1,10-11,20-22H2,2H3. The molecule has 4 aromatic rings. The van der Waals surface area contributed by atoms with Crippen LogP contribution in [0.5, 0.6) is 0 Å². The molecule has 1 saturated carbocycles. The summed E-state index contributed by atoms with van der Waals surface area (Å²) < 4.78 is 0. The van der Waals surface area contributed by atoms with E-state index in [0.29, 0.717) is 0 Å². The Bertz CT molecular complexity index is 1230. The second-order valence-electron chi connectivity index (χ2n) is 9.83. The maximum absolute atomic E-state index is 4.25. The lowest BCUT2D eigenvalue weighted by Gasteiger charge is -2.28. The van der Waals surface area contributed by atoms with Gasteiger partial charge < -0.3 is 5.32 Å². The molecule has 0 radical (unpaired) electrons. The van der Waals surface area contributed by atoms with Crippen LogP contribution in [-0.4, -0.2) is 0 Å². The highest BCUT2D eigenvalue weighted by Gasteiger charge is 2.20. The van der Waals surface area contributed by atoms with Crippen molar-refractivity contribution >= 4 is 22.1 Å². The van der Waals surface area contributed by atoms with E-state index < -0.39 is 0 Å². The number of nitrogens with one attached hydrogen (secondary N) is 1. The van der Waals surface area contributed by atoms with Crippen molar-refractivity contribution in [3.63, 3.8) is 0 Å². The third kappa shape index (κ3) is 5.20. The van der Waals surface area contributed by atoms with Gasteiger partial charge in [-0.3, -0.25) is 0 Å². The summed E-state index contributed by atoms with van der Waals surface area (Å²) in [4.78, 5) is 0. The van der Waals surface area contributed by atoms with Crippen LogP contribution in [0.3, 0.4) is 0 Å². The van der Waals surface area contributed by atoms with Crippen molar-refractivity contribution in [3.05, 3.63) is 109 Å². The molecule has 0 heterocycles. The Labute approximate surface area is 198 Å². The van der Waals surface area contributed by atoms with Gasteiger partial charge in [-0.15, -0.1) is 0 Å². The Morgan fingerprint density at radius 3 is 2.24 bits per heavy atom. The molecule has 1 fully saturated rings. The second-order valence-corrected chi connectivity index (χ2v) is 9.83. The van der Waals surface area contributed by atoms with E-state index >= 15 is 0 Å². The molecule has 0 saturated heterocycles. The van der Waals surface area contributed by atoms with Gasteiger partial charge in [-0.2, -0.15) is 0 Å². The van der Waals surface area contributed by atoms with Crippen molar-refractivity contribution in [3.8, 4) is 11.1 Å². The summed E-state index contributed by atoms with van der Waals surface area (Å²) in [6, 6.07) is 32.8.